The first-order valence-corrected chi connectivity index (χ1v) is 9.54. The summed E-state index contributed by atoms with van der Waals surface area (Å²) in [4.78, 5) is 29.1. The number of benzene rings is 1. The highest BCUT2D eigenvalue weighted by molar-refractivity contribution is 6.09. The second-order valence-electron chi connectivity index (χ2n) is 6.92. The van der Waals surface area contributed by atoms with Crippen LogP contribution in [0.15, 0.2) is 58.2 Å². The number of aromatic hydroxyl groups is 1. The molecule has 0 fully saturated rings. The van der Waals surface area contributed by atoms with E-state index >= 15 is 0 Å². The van der Waals surface area contributed by atoms with Crippen molar-refractivity contribution in [2.75, 3.05) is 5.32 Å². The maximum Gasteiger partial charge on any atom is 0.292 e. The number of anilines is 1. The van der Waals surface area contributed by atoms with Gasteiger partial charge in [0.2, 0.25) is 0 Å². The summed E-state index contributed by atoms with van der Waals surface area (Å²) in [5.74, 6) is 0.649. The molecule has 0 saturated heterocycles. The summed E-state index contributed by atoms with van der Waals surface area (Å²) in [5, 5.41) is 16.4. The zero-order chi connectivity index (χ0) is 21.1. The maximum absolute atomic E-state index is 12.7. The lowest BCUT2D eigenvalue weighted by molar-refractivity contribution is 0.0953. The Hall–Kier alpha value is -3.94. The van der Waals surface area contributed by atoms with E-state index in [-0.39, 0.29) is 23.3 Å². The molecule has 1 aliphatic carbocycles. The Labute approximate surface area is 172 Å². The Morgan fingerprint density at radius 3 is 2.63 bits per heavy atom. The van der Waals surface area contributed by atoms with Gasteiger partial charge in [-0.25, -0.2) is 10.4 Å². The first-order valence-electron chi connectivity index (χ1n) is 9.54. The minimum atomic E-state index is -0.385. The molecule has 2 amide bonds. The van der Waals surface area contributed by atoms with Crippen LogP contribution in [0.2, 0.25) is 0 Å². The Morgan fingerprint density at radius 1 is 1.10 bits per heavy atom. The number of amides is 2. The topological polar surface area (TPSA) is 117 Å². The largest absolute Gasteiger partial charge is 0.508 e. The van der Waals surface area contributed by atoms with Crippen LogP contribution in [-0.2, 0) is 6.42 Å². The van der Waals surface area contributed by atoms with Crippen LogP contribution in [0.25, 0.3) is 0 Å². The van der Waals surface area contributed by atoms with E-state index in [4.69, 9.17) is 4.42 Å². The molecule has 3 aromatic rings. The van der Waals surface area contributed by atoms with Crippen molar-refractivity contribution in [3.05, 3.63) is 76.9 Å². The van der Waals surface area contributed by atoms with Gasteiger partial charge in [0.1, 0.15) is 17.3 Å². The summed E-state index contributed by atoms with van der Waals surface area (Å²) in [5.41, 5.74) is 5.04. The number of hydrogen-bond acceptors (Lipinski definition) is 6. The fourth-order valence-electron chi connectivity index (χ4n) is 3.40. The zero-order valence-corrected chi connectivity index (χ0v) is 16.3. The molecule has 0 spiro atoms. The number of carbonyl (C=O) groups is 2. The van der Waals surface area contributed by atoms with Gasteiger partial charge in [-0.05, 0) is 56.2 Å². The lowest BCUT2D eigenvalue weighted by atomic mass is 9.93. The van der Waals surface area contributed by atoms with Crippen molar-refractivity contribution in [1.29, 1.82) is 0 Å². The number of carbonyl (C=O) groups excluding carboxylic acids is 2. The molecule has 1 aliphatic rings. The summed E-state index contributed by atoms with van der Waals surface area (Å²) >= 11 is 0. The van der Waals surface area contributed by atoms with Crippen molar-refractivity contribution in [2.45, 2.75) is 26.2 Å². The van der Waals surface area contributed by atoms with Gasteiger partial charge in [0, 0.05) is 29.3 Å². The molecular weight excluding hydrogens is 384 g/mol. The Balaban J connectivity index is 1.56. The summed E-state index contributed by atoms with van der Waals surface area (Å²) in [7, 11) is 0. The van der Waals surface area contributed by atoms with Gasteiger partial charge in [-0.1, -0.05) is 6.07 Å². The van der Waals surface area contributed by atoms with Crippen LogP contribution < -0.4 is 10.7 Å². The highest BCUT2D eigenvalue weighted by Crippen LogP contribution is 2.30. The molecule has 0 atom stereocenters. The quantitative estimate of drug-likeness (QED) is 0.576. The monoisotopic (exact) mass is 404 g/mol. The van der Waals surface area contributed by atoms with Crippen LogP contribution in [0, 0.1) is 6.92 Å². The third kappa shape index (κ3) is 3.93. The second-order valence-corrected chi connectivity index (χ2v) is 6.92. The van der Waals surface area contributed by atoms with Crippen LogP contribution in [-0.4, -0.2) is 27.6 Å². The maximum atomic E-state index is 12.7. The molecular formula is C22H20N4O4. The average molecular weight is 404 g/mol. The molecule has 0 unspecified atom stereocenters. The normalized spacial score (nSPS) is 14.2. The molecule has 0 radical (unpaired) electrons. The molecule has 152 valence electrons. The van der Waals surface area contributed by atoms with E-state index in [2.05, 4.69) is 20.8 Å². The molecule has 0 saturated carbocycles. The van der Waals surface area contributed by atoms with Crippen molar-refractivity contribution < 1.29 is 19.1 Å². The van der Waals surface area contributed by atoms with Crippen molar-refractivity contribution >= 4 is 23.3 Å². The molecule has 8 nitrogen and oxygen atoms in total. The minimum absolute atomic E-state index is 0.0836. The minimum Gasteiger partial charge on any atom is -0.508 e. The predicted molar refractivity (Wildman–Crippen MR) is 111 cm³/mol. The van der Waals surface area contributed by atoms with Gasteiger partial charge in [0.05, 0.1) is 5.71 Å². The number of fused-ring (bicyclic) bond motifs is 1. The summed E-state index contributed by atoms with van der Waals surface area (Å²) in [6.45, 7) is 1.80. The Morgan fingerprint density at radius 2 is 1.90 bits per heavy atom. The van der Waals surface area contributed by atoms with Crippen molar-refractivity contribution in [3.63, 3.8) is 0 Å². The molecule has 4 rings (SSSR count). The van der Waals surface area contributed by atoms with Crippen LogP contribution in [0.1, 0.15) is 50.6 Å². The third-order valence-electron chi connectivity index (χ3n) is 4.86. The molecule has 30 heavy (non-hydrogen) atoms. The van der Waals surface area contributed by atoms with Crippen LogP contribution in [0.5, 0.6) is 5.75 Å². The molecule has 1 aromatic carbocycles. The second kappa shape index (κ2) is 8.20. The van der Waals surface area contributed by atoms with Crippen LogP contribution in [0.4, 0.5) is 5.82 Å². The van der Waals surface area contributed by atoms with E-state index in [1.165, 1.54) is 24.3 Å². The smallest absolute Gasteiger partial charge is 0.292 e. The van der Waals surface area contributed by atoms with Crippen LogP contribution >= 0.6 is 0 Å². The Bertz CT molecular complexity index is 1120. The van der Waals surface area contributed by atoms with Gasteiger partial charge in [-0.3, -0.25) is 9.59 Å². The van der Waals surface area contributed by atoms with Gasteiger partial charge >= 0.3 is 0 Å². The lowest BCUT2D eigenvalue weighted by Gasteiger charge is -2.13. The van der Waals surface area contributed by atoms with Gasteiger partial charge in [0.15, 0.2) is 5.76 Å². The van der Waals surface area contributed by atoms with Crippen LogP contribution in [0.3, 0.4) is 0 Å². The molecule has 8 heteroatoms. The fraction of sp³-hybridized carbons (Fsp3) is 0.182. The first kappa shape index (κ1) is 19.4. The van der Waals surface area contributed by atoms with Gasteiger partial charge < -0.3 is 14.8 Å². The molecule has 3 N–H and O–H groups in total. The Kier molecular flexibility index (Phi) is 5.30. The van der Waals surface area contributed by atoms with Gasteiger partial charge in [0.25, 0.3) is 11.8 Å². The standard InChI is InChI=1S/C22H20N4O4/c1-13-19-16(25-26-21(28)14-8-10-15(27)11-9-14)5-4-6-17(19)30-20(13)22(29)24-18-7-2-3-12-23-18/h2-3,7-12,27H,4-6H2,1H3,(H,26,28)(H,23,24,29)/b25-16+. The zero-order valence-electron chi connectivity index (χ0n) is 16.3. The predicted octanol–water partition coefficient (Wildman–Crippen LogP) is 3.41. The van der Waals surface area contributed by atoms with E-state index in [0.29, 0.717) is 41.3 Å². The number of nitrogens with one attached hydrogen (secondary N) is 2. The van der Waals surface area contributed by atoms with Crippen molar-refractivity contribution in [2.24, 2.45) is 5.10 Å². The van der Waals surface area contributed by atoms with Crippen molar-refractivity contribution in [3.8, 4) is 5.75 Å². The van der Waals surface area contributed by atoms with Crippen molar-refractivity contribution in [1.82, 2.24) is 10.4 Å². The number of phenols is 1. The number of furan rings is 1. The van der Waals surface area contributed by atoms with Gasteiger partial charge in [-0.15, -0.1) is 0 Å². The third-order valence-corrected chi connectivity index (χ3v) is 4.86. The number of hydrazone groups is 1. The molecule has 2 aromatic heterocycles. The number of hydrogen-bond donors (Lipinski definition) is 3. The summed E-state index contributed by atoms with van der Waals surface area (Å²) in [6, 6.07) is 11.1. The van der Waals surface area contributed by atoms with E-state index < -0.39 is 0 Å². The molecule has 0 aliphatic heterocycles. The molecule has 2 heterocycles. The number of aryl methyl sites for hydroxylation is 1. The first-order chi connectivity index (χ1) is 14.5. The number of rotatable bonds is 4. The SMILES string of the molecule is Cc1c(C(=O)Nc2ccccn2)oc2c1/C(=N/NC(=O)c1ccc(O)cc1)CCC2. The van der Waals surface area contributed by atoms with E-state index in [9.17, 15) is 14.7 Å². The number of nitrogens with zero attached hydrogens (tertiary/aromatic N) is 2. The molecule has 0 bridgehead atoms. The summed E-state index contributed by atoms with van der Waals surface area (Å²) < 4.78 is 5.84. The number of aromatic nitrogens is 1. The highest BCUT2D eigenvalue weighted by atomic mass is 16.4. The average Bonchev–Trinajstić information content (AvgIpc) is 3.10. The number of pyridine rings is 1. The van der Waals surface area contributed by atoms with E-state index in [1.807, 2.05) is 0 Å². The summed E-state index contributed by atoms with van der Waals surface area (Å²) in [6.07, 6.45) is 3.74. The number of phenolic OH excluding ortho intramolecular Hbond substituents is 1. The fourth-order valence-corrected chi connectivity index (χ4v) is 3.40. The van der Waals surface area contributed by atoms with E-state index in [1.54, 1.807) is 31.3 Å². The van der Waals surface area contributed by atoms with E-state index in [0.717, 1.165) is 12.0 Å². The highest BCUT2D eigenvalue weighted by Gasteiger charge is 2.28. The van der Waals surface area contributed by atoms with Gasteiger partial charge in [-0.2, -0.15) is 5.10 Å². The lowest BCUT2D eigenvalue weighted by Crippen LogP contribution is -2.22.